The molecule has 0 amide bonds. The SMILES string of the molecule is CN(C(=N)C=CC(N)=c1ccc2c(c1)C=NNC=2)C1CC(C)(C)NC(C)(C)C1. The van der Waals surface area contributed by atoms with Crippen LogP contribution in [0.2, 0.25) is 0 Å². The Kier molecular flexibility index (Phi) is 5.35. The van der Waals surface area contributed by atoms with Gasteiger partial charge in [-0.25, -0.2) is 0 Å². The minimum Gasteiger partial charge on any atom is -0.398 e. The first-order valence-electron chi connectivity index (χ1n) is 9.74. The molecule has 3 rings (SSSR count). The molecule has 1 aromatic carbocycles. The molecule has 28 heavy (non-hydrogen) atoms. The van der Waals surface area contributed by atoms with E-state index in [4.69, 9.17) is 11.1 Å². The maximum atomic E-state index is 8.51. The minimum atomic E-state index is 0.0480. The van der Waals surface area contributed by atoms with E-state index in [1.807, 2.05) is 37.5 Å². The lowest BCUT2D eigenvalue weighted by Gasteiger charge is -2.49. The van der Waals surface area contributed by atoms with E-state index in [-0.39, 0.29) is 11.1 Å². The first-order chi connectivity index (χ1) is 13.1. The van der Waals surface area contributed by atoms with Gasteiger partial charge in [0.1, 0.15) is 5.84 Å². The zero-order valence-corrected chi connectivity index (χ0v) is 17.5. The molecule has 0 saturated carbocycles. The van der Waals surface area contributed by atoms with Crippen LogP contribution in [0.1, 0.15) is 46.1 Å². The fourth-order valence-electron chi connectivity index (χ4n) is 4.33. The Morgan fingerprint density at radius 1 is 1.21 bits per heavy atom. The summed E-state index contributed by atoms with van der Waals surface area (Å²) in [5.41, 5.74) is 10.9. The van der Waals surface area contributed by atoms with Crippen LogP contribution in [0.5, 0.6) is 0 Å². The lowest BCUT2D eigenvalue weighted by Crippen LogP contribution is -2.62. The monoisotopic (exact) mass is 380 g/mol. The van der Waals surface area contributed by atoms with Crippen molar-refractivity contribution < 1.29 is 0 Å². The number of nitrogens with zero attached hydrogens (tertiary/aromatic N) is 2. The van der Waals surface area contributed by atoms with Gasteiger partial charge < -0.3 is 16.0 Å². The largest absolute Gasteiger partial charge is 0.398 e. The maximum absolute atomic E-state index is 8.51. The van der Waals surface area contributed by atoms with Crippen LogP contribution in [0.4, 0.5) is 0 Å². The zero-order chi connectivity index (χ0) is 20.5. The van der Waals surface area contributed by atoms with Crippen molar-refractivity contribution in [2.24, 2.45) is 10.8 Å². The van der Waals surface area contributed by atoms with E-state index in [2.05, 4.69) is 48.4 Å². The summed E-state index contributed by atoms with van der Waals surface area (Å²) in [6.45, 7) is 8.91. The predicted octanol–water partition coefficient (Wildman–Crippen LogP) is 1.20. The van der Waals surface area contributed by atoms with Gasteiger partial charge in [-0.1, -0.05) is 12.1 Å². The number of hydrogen-bond acceptors (Lipinski definition) is 5. The summed E-state index contributed by atoms with van der Waals surface area (Å²) in [4.78, 5) is 2.06. The molecule has 6 nitrogen and oxygen atoms in total. The maximum Gasteiger partial charge on any atom is 0.120 e. The number of nitrogens with two attached hydrogens (primary N) is 1. The predicted molar refractivity (Wildman–Crippen MR) is 117 cm³/mol. The van der Waals surface area contributed by atoms with E-state index in [0.29, 0.717) is 17.6 Å². The number of hydrogen-bond donors (Lipinski definition) is 4. The summed E-state index contributed by atoms with van der Waals surface area (Å²) in [5, 5.41) is 18.3. The molecule has 150 valence electrons. The third kappa shape index (κ3) is 4.62. The van der Waals surface area contributed by atoms with Crippen LogP contribution in [-0.4, -0.2) is 41.1 Å². The van der Waals surface area contributed by atoms with Crippen molar-refractivity contribution in [2.45, 2.75) is 57.7 Å². The molecule has 6 heteroatoms. The van der Waals surface area contributed by atoms with Crippen molar-refractivity contribution in [1.29, 1.82) is 5.41 Å². The molecule has 1 fully saturated rings. The van der Waals surface area contributed by atoms with Gasteiger partial charge in [-0.05, 0) is 64.0 Å². The fourth-order valence-corrected chi connectivity index (χ4v) is 4.33. The Labute approximate surface area is 167 Å². The Hall–Kier alpha value is -2.60. The standard InChI is InChI=1S/C22H32N6/c1-21(2)11-18(12-22(3,4)27-21)28(5)20(24)9-8-19(23)15-6-7-16-13-25-26-14-17(16)10-15/h6-10,13-14,18,24-25,27H,11-12,23H2,1-5H3. The van der Waals surface area contributed by atoms with E-state index in [0.717, 1.165) is 28.8 Å². The normalized spacial score (nSPS) is 21.5. The molecule has 0 spiro atoms. The number of benzene rings is 1. The molecule has 0 aromatic heterocycles. The molecule has 0 radical (unpaired) electrons. The van der Waals surface area contributed by atoms with Gasteiger partial charge in [0, 0.05) is 46.8 Å². The number of nitrogens with one attached hydrogen (secondary N) is 3. The highest BCUT2D eigenvalue weighted by atomic mass is 15.3. The third-order valence-corrected chi connectivity index (χ3v) is 5.44. The quantitative estimate of drug-likeness (QED) is 0.469. The van der Waals surface area contributed by atoms with Crippen molar-refractivity contribution in [3.8, 4) is 0 Å². The number of amidine groups is 1. The third-order valence-electron chi connectivity index (χ3n) is 5.44. The van der Waals surface area contributed by atoms with E-state index in [1.54, 1.807) is 12.3 Å². The van der Waals surface area contributed by atoms with Crippen LogP contribution in [0.15, 0.2) is 35.5 Å². The second kappa shape index (κ2) is 7.43. The Bertz CT molecular complexity index is 922. The number of piperidine rings is 1. The summed E-state index contributed by atoms with van der Waals surface area (Å²) in [7, 11) is 2.00. The second-order valence-corrected chi connectivity index (χ2v) is 9.11. The zero-order valence-electron chi connectivity index (χ0n) is 17.5. The molecular weight excluding hydrogens is 348 g/mol. The molecular formula is C22H32N6. The van der Waals surface area contributed by atoms with Crippen molar-refractivity contribution in [3.05, 3.63) is 46.4 Å². The Morgan fingerprint density at radius 3 is 2.57 bits per heavy atom. The second-order valence-electron chi connectivity index (χ2n) is 9.11. The summed E-state index contributed by atoms with van der Waals surface area (Å²) in [5.74, 6) is 0.471. The highest BCUT2D eigenvalue weighted by Gasteiger charge is 2.39. The first-order valence-corrected chi connectivity index (χ1v) is 9.74. The summed E-state index contributed by atoms with van der Waals surface area (Å²) in [6.07, 6.45) is 9.25. The lowest BCUT2D eigenvalue weighted by molar-refractivity contribution is 0.114. The van der Waals surface area contributed by atoms with Crippen LogP contribution in [0.3, 0.4) is 0 Å². The molecule has 0 unspecified atom stereocenters. The molecule has 0 bridgehead atoms. The smallest absolute Gasteiger partial charge is 0.120 e. The lowest BCUT2D eigenvalue weighted by atomic mass is 9.79. The van der Waals surface area contributed by atoms with Crippen molar-refractivity contribution in [3.63, 3.8) is 0 Å². The van der Waals surface area contributed by atoms with Gasteiger partial charge in [-0.2, -0.15) is 5.10 Å². The number of fused-ring (bicyclic) bond motifs is 1. The van der Waals surface area contributed by atoms with E-state index < -0.39 is 0 Å². The van der Waals surface area contributed by atoms with Gasteiger partial charge in [0.2, 0.25) is 0 Å². The molecule has 0 atom stereocenters. The van der Waals surface area contributed by atoms with Gasteiger partial charge in [-0.15, -0.1) is 0 Å². The molecule has 2 aliphatic rings. The number of likely N-dealkylation sites (N-methyl/N-ethyl adjacent to an activating group) is 1. The number of rotatable bonds is 3. The van der Waals surface area contributed by atoms with Crippen LogP contribution in [0, 0.1) is 5.41 Å². The van der Waals surface area contributed by atoms with Crippen LogP contribution in [0.25, 0.3) is 11.9 Å². The highest BCUT2D eigenvalue weighted by Crippen LogP contribution is 2.31. The van der Waals surface area contributed by atoms with E-state index in [9.17, 15) is 0 Å². The fraction of sp³-hybridized carbons (Fsp3) is 0.455. The highest BCUT2D eigenvalue weighted by molar-refractivity contribution is 5.92. The summed E-state index contributed by atoms with van der Waals surface area (Å²) < 4.78 is 0. The van der Waals surface area contributed by atoms with Gasteiger partial charge >= 0.3 is 0 Å². The van der Waals surface area contributed by atoms with Crippen LogP contribution in [-0.2, 0) is 0 Å². The first kappa shape index (κ1) is 20.1. The van der Waals surface area contributed by atoms with Crippen LogP contribution >= 0.6 is 0 Å². The van der Waals surface area contributed by atoms with Gasteiger partial charge in [0.25, 0.3) is 0 Å². The molecule has 5 N–H and O–H groups in total. The Morgan fingerprint density at radius 2 is 1.89 bits per heavy atom. The minimum absolute atomic E-state index is 0.0480. The van der Waals surface area contributed by atoms with Gasteiger partial charge in [-0.3, -0.25) is 10.8 Å². The van der Waals surface area contributed by atoms with Gasteiger partial charge in [0.15, 0.2) is 0 Å². The van der Waals surface area contributed by atoms with E-state index in [1.165, 1.54) is 0 Å². The molecule has 2 heterocycles. The molecule has 0 aliphatic carbocycles. The van der Waals surface area contributed by atoms with Crippen molar-refractivity contribution >= 4 is 23.9 Å². The summed E-state index contributed by atoms with van der Waals surface area (Å²) >= 11 is 0. The topological polar surface area (TPSA) is 89.5 Å². The van der Waals surface area contributed by atoms with Crippen LogP contribution < -0.4 is 26.9 Å². The summed E-state index contributed by atoms with van der Waals surface area (Å²) in [6, 6.07) is 6.33. The molecule has 1 saturated heterocycles. The Balaban J connectivity index is 1.77. The van der Waals surface area contributed by atoms with Gasteiger partial charge in [0.05, 0.1) is 6.21 Å². The molecule has 1 aromatic rings. The van der Waals surface area contributed by atoms with E-state index >= 15 is 0 Å². The average molecular weight is 381 g/mol. The number of hydrazone groups is 1. The van der Waals surface area contributed by atoms with Crippen molar-refractivity contribution in [1.82, 2.24) is 15.6 Å². The molecule has 2 aliphatic heterocycles. The van der Waals surface area contributed by atoms with Crippen molar-refractivity contribution in [2.75, 3.05) is 7.05 Å². The average Bonchev–Trinajstić information content (AvgIpc) is 2.62.